The largest absolute Gasteiger partial charge is 0.444 e. The Bertz CT molecular complexity index is 579. The van der Waals surface area contributed by atoms with Gasteiger partial charge in [-0.1, -0.05) is 0 Å². The number of nitrogen functional groups attached to an aromatic ring is 1. The summed E-state index contributed by atoms with van der Waals surface area (Å²) >= 11 is 0. The standard InChI is InChI=1S/C11H12N4O3/c1-7-5-14-11(18-7)6-13-10-3-2-8(15(16)17)4-9(10)12/h2-5,13H,6,12H2,1H3. The lowest BCUT2D eigenvalue weighted by molar-refractivity contribution is -0.384. The van der Waals surface area contributed by atoms with Crippen LogP contribution in [0.15, 0.2) is 28.8 Å². The topological polar surface area (TPSA) is 107 Å². The van der Waals surface area contributed by atoms with Crippen LogP contribution in [0.2, 0.25) is 0 Å². The van der Waals surface area contributed by atoms with E-state index in [-0.39, 0.29) is 5.69 Å². The van der Waals surface area contributed by atoms with E-state index in [4.69, 9.17) is 10.2 Å². The third-order valence-electron chi connectivity index (χ3n) is 2.35. The highest BCUT2D eigenvalue weighted by molar-refractivity contribution is 5.69. The van der Waals surface area contributed by atoms with Crippen molar-refractivity contribution in [3.63, 3.8) is 0 Å². The van der Waals surface area contributed by atoms with E-state index in [0.717, 1.165) is 5.76 Å². The van der Waals surface area contributed by atoms with Crippen molar-refractivity contribution in [1.82, 2.24) is 4.98 Å². The summed E-state index contributed by atoms with van der Waals surface area (Å²) in [5.41, 5.74) is 6.59. The lowest BCUT2D eigenvalue weighted by Crippen LogP contribution is -2.03. The molecule has 0 fully saturated rings. The molecule has 2 aromatic rings. The first-order valence-corrected chi connectivity index (χ1v) is 5.25. The third kappa shape index (κ3) is 2.57. The highest BCUT2D eigenvalue weighted by Gasteiger charge is 2.09. The molecule has 3 N–H and O–H groups in total. The number of nitrogens with two attached hydrogens (primary N) is 1. The molecule has 94 valence electrons. The van der Waals surface area contributed by atoms with Gasteiger partial charge in [-0.25, -0.2) is 4.98 Å². The maximum Gasteiger partial charge on any atom is 0.271 e. The normalized spacial score (nSPS) is 10.3. The zero-order chi connectivity index (χ0) is 13.1. The Labute approximate surface area is 103 Å². The zero-order valence-electron chi connectivity index (χ0n) is 9.71. The second-order valence-corrected chi connectivity index (χ2v) is 3.75. The highest BCUT2D eigenvalue weighted by atomic mass is 16.6. The van der Waals surface area contributed by atoms with Crippen molar-refractivity contribution < 1.29 is 9.34 Å². The van der Waals surface area contributed by atoms with Crippen molar-refractivity contribution in [3.8, 4) is 0 Å². The number of non-ortho nitro benzene ring substituents is 1. The van der Waals surface area contributed by atoms with E-state index >= 15 is 0 Å². The first-order chi connectivity index (χ1) is 8.56. The van der Waals surface area contributed by atoms with Crippen molar-refractivity contribution >= 4 is 17.1 Å². The average Bonchev–Trinajstić information content (AvgIpc) is 2.73. The number of aryl methyl sites for hydroxylation is 1. The molecule has 0 radical (unpaired) electrons. The fourth-order valence-corrected chi connectivity index (χ4v) is 1.48. The molecule has 0 saturated carbocycles. The van der Waals surface area contributed by atoms with Gasteiger partial charge in [0.05, 0.1) is 29.0 Å². The molecule has 0 aliphatic heterocycles. The summed E-state index contributed by atoms with van der Waals surface area (Å²) < 4.78 is 5.28. The van der Waals surface area contributed by atoms with E-state index in [1.165, 1.54) is 12.1 Å². The smallest absolute Gasteiger partial charge is 0.271 e. The molecule has 0 aliphatic rings. The summed E-state index contributed by atoms with van der Waals surface area (Å²) in [6, 6.07) is 4.26. The summed E-state index contributed by atoms with van der Waals surface area (Å²) in [7, 11) is 0. The summed E-state index contributed by atoms with van der Waals surface area (Å²) in [4.78, 5) is 14.1. The number of nitro benzene ring substituents is 1. The van der Waals surface area contributed by atoms with E-state index in [1.807, 2.05) is 0 Å². The van der Waals surface area contributed by atoms with E-state index in [1.54, 1.807) is 19.2 Å². The predicted molar refractivity (Wildman–Crippen MR) is 66.1 cm³/mol. The minimum absolute atomic E-state index is 0.0370. The van der Waals surface area contributed by atoms with Crippen LogP contribution in [0.1, 0.15) is 11.7 Å². The molecule has 0 amide bonds. The molecule has 18 heavy (non-hydrogen) atoms. The highest BCUT2D eigenvalue weighted by Crippen LogP contribution is 2.24. The minimum atomic E-state index is -0.489. The van der Waals surface area contributed by atoms with Gasteiger partial charge in [0.1, 0.15) is 5.76 Å². The number of oxazole rings is 1. The first kappa shape index (κ1) is 11.9. The minimum Gasteiger partial charge on any atom is -0.444 e. The Morgan fingerprint density at radius 1 is 1.56 bits per heavy atom. The van der Waals surface area contributed by atoms with Gasteiger partial charge in [-0.05, 0) is 13.0 Å². The van der Waals surface area contributed by atoms with Crippen molar-refractivity contribution in [2.45, 2.75) is 13.5 Å². The lowest BCUT2D eigenvalue weighted by atomic mass is 10.2. The number of rotatable bonds is 4. The van der Waals surface area contributed by atoms with E-state index < -0.39 is 4.92 Å². The van der Waals surface area contributed by atoms with Gasteiger partial charge in [0.2, 0.25) is 5.89 Å². The number of aromatic nitrogens is 1. The molecule has 0 spiro atoms. The number of anilines is 2. The lowest BCUT2D eigenvalue weighted by Gasteiger charge is -2.06. The summed E-state index contributed by atoms with van der Waals surface area (Å²) in [6.07, 6.45) is 1.62. The molecule has 0 aliphatic carbocycles. The SMILES string of the molecule is Cc1cnc(CNc2ccc([N+](=O)[O-])cc2N)o1. The summed E-state index contributed by atoms with van der Waals surface area (Å²) in [5, 5.41) is 13.6. The summed E-state index contributed by atoms with van der Waals surface area (Å²) in [5.74, 6) is 1.26. The molecule has 1 aromatic heterocycles. The number of hydrogen-bond acceptors (Lipinski definition) is 6. The van der Waals surface area contributed by atoms with Crippen molar-refractivity contribution in [2.75, 3.05) is 11.1 Å². The van der Waals surface area contributed by atoms with Crippen LogP contribution < -0.4 is 11.1 Å². The third-order valence-corrected chi connectivity index (χ3v) is 2.35. The van der Waals surface area contributed by atoms with E-state index in [2.05, 4.69) is 10.3 Å². The van der Waals surface area contributed by atoms with Gasteiger partial charge in [-0.15, -0.1) is 0 Å². The second-order valence-electron chi connectivity index (χ2n) is 3.75. The van der Waals surface area contributed by atoms with Crippen LogP contribution in [0, 0.1) is 17.0 Å². The maximum absolute atomic E-state index is 10.6. The summed E-state index contributed by atoms with van der Waals surface area (Å²) in [6.45, 7) is 2.17. The Morgan fingerprint density at radius 2 is 2.33 bits per heavy atom. The van der Waals surface area contributed by atoms with Crippen LogP contribution in [0.5, 0.6) is 0 Å². The van der Waals surface area contributed by atoms with Crippen LogP contribution in [-0.4, -0.2) is 9.91 Å². The molecule has 0 unspecified atom stereocenters. The van der Waals surface area contributed by atoms with Gasteiger partial charge in [0.25, 0.3) is 5.69 Å². The predicted octanol–water partition coefficient (Wildman–Crippen LogP) is 2.09. The molecular formula is C11H12N4O3. The van der Waals surface area contributed by atoms with Gasteiger partial charge in [-0.2, -0.15) is 0 Å². The Balaban J connectivity index is 2.08. The number of nitro groups is 1. The van der Waals surface area contributed by atoms with E-state index in [0.29, 0.717) is 23.8 Å². The van der Waals surface area contributed by atoms with Crippen molar-refractivity contribution in [1.29, 1.82) is 0 Å². The van der Waals surface area contributed by atoms with E-state index in [9.17, 15) is 10.1 Å². The molecule has 0 bridgehead atoms. The number of nitrogens with one attached hydrogen (secondary N) is 1. The molecular weight excluding hydrogens is 236 g/mol. The Hall–Kier alpha value is -2.57. The monoisotopic (exact) mass is 248 g/mol. The molecule has 2 rings (SSSR count). The first-order valence-electron chi connectivity index (χ1n) is 5.25. The quantitative estimate of drug-likeness (QED) is 0.487. The van der Waals surface area contributed by atoms with Gasteiger partial charge >= 0.3 is 0 Å². The van der Waals surface area contributed by atoms with Gasteiger partial charge < -0.3 is 15.5 Å². The number of hydrogen-bond donors (Lipinski definition) is 2. The van der Waals surface area contributed by atoms with Gasteiger partial charge in [-0.3, -0.25) is 10.1 Å². The van der Waals surface area contributed by atoms with Crippen LogP contribution >= 0.6 is 0 Å². The molecule has 7 heteroatoms. The number of benzene rings is 1. The second kappa shape index (κ2) is 4.74. The Kier molecular flexibility index (Phi) is 3.13. The maximum atomic E-state index is 10.6. The molecule has 0 atom stereocenters. The van der Waals surface area contributed by atoms with Crippen LogP contribution in [0.4, 0.5) is 17.1 Å². The van der Waals surface area contributed by atoms with Crippen LogP contribution in [0.3, 0.4) is 0 Å². The fraction of sp³-hybridized carbons (Fsp3) is 0.182. The average molecular weight is 248 g/mol. The van der Waals surface area contributed by atoms with Crippen LogP contribution in [-0.2, 0) is 6.54 Å². The van der Waals surface area contributed by atoms with Crippen molar-refractivity contribution in [3.05, 3.63) is 46.2 Å². The molecule has 1 aromatic carbocycles. The molecule has 0 saturated heterocycles. The number of nitrogens with zero attached hydrogens (tertiary/aromatic N) is 2. The Morgan fingerprint density at radius 3 is 2.89 bits per heavy atom. The molecule has 7 nitrogen and oxygen atoms in total. The fourth-order valence-electron chi connectivity index (χ4n) is 1.48. The molecule has 1 heterocycles. The van der Waals surface area contributed by atoms with Crippen molar-refractivity contribution in [2.24, 2.45) is 0 Å². The zero-order valence-corrected chi connectivity index (χ0v) is 9.71. The van der Waals surface area contributed by atoms with Gasteiger partial charge in [0, 0.05) is 12.1 Å². The van der Waals surface area contributed by atoms with Crippen LogP contribution in [0.25, 0.3) is 0 Å². The van der Waals surface area contributed by atoms with Gasteiger partial charge in [0.15, 0.2) is 0 Å².